The van der Waals surface area contributed by atoms with Gasteiger partial charge in [0.05, 0.1) is 5.02 Å². The van der Waals surface area contributed by atoms with E-state index in [9.17, 15) is 4.39 Å². The first-order valence-corrected chi connectivity index (χ1v) is 5.87. The number of nitrogens with one attached hydrogen (secondary N) is 1. The maximum absolute atomic E-state index is 12.9. The van der Waals surface area contributed by atoms with Gasteiger partial charge in [-0.15, -0.1) is 11.3 Å². The molecule has 1 nitrogen and oxygen atoms in total. The van der Waals surface area contributed by atoms with E-state index in [0.717, 1.165) is 20.8 Å². The van der Waals surface area contributed by atoms with Crippen molar-refractivity contribution in [3.63, 3.8) is 0 Å². The van der Waals surface area contributed by atoms with Gasteiger partial charge in [0.2, 0.25) is 0 Å². The van der Waals surface area contributed by atoms with Gasteiger partial charge in [-0.1, -0.05) is 17.7 Å². The summed E-state index contributed by atoms with van der Waals surface area (Å²) in [6.45, 7) is 0. The van der Waals surface area contributed by atoms with Crippen molar-refractivity contribution < 1.29 is 4.39 Å². The van der Waals surface area contributed by atoms with Crippen molar-refractivity contribution in [3.8, 4) is 0 Å². The van der Waals surface area contributed by atoms with Crippen LogP contribution < -0.4 is 0 Å². The highest BCUT2D eigenvalue weighted by molar-refractivity contribution is 7.73. The van der Waals surface area contributed by atoms with Gasteiger partial charge in [0.15, 0.2) is 3.95 Å². The van der Waals surface area contributed by atoms with E-state index in [-0.39, 0.29) is 10.8 Å². The Morgan fingerprint density at radius 3 is 2.87 bits per heavy atom. The molecule has 2 aromatic rings. The summed E-state index contributed by atoms with van der Waals surface area (Å²) >= 11 is 12.2. The molecule has 0 spiro atoms. The molecule has 1 aromatic carbocycles. The third-order valence-electron chi connectivity index (χ3n) is 1.94. The molecule has 0 amide bonds. The SMILES string of the molecule is Fc1ccc(Cc2c[nH]c(=S)s2)cc1Cl. The van der Waals surface area contributed by atoms with E-state index >= 15 is 0 Å². The third-order valence-corrected chi connectivity index (χ3v) is 3.42. The first-order chi connectivity index (χ1) is 7.15. The number of halogens is 2. The van der Waals surface area contributed by atoms with Crippen LogP contribution in [0.3, 0.4) is 0 Å². The first-order valence-electron chi connectivity index (χ1n) is 4.26. The number of hydrogen-bond donors (Lipinski definition) is 1. The smallest absolute Gasteiger partial charge is 0.158 e. The Kier molecular flexibility index (Phi) is 3.19. The molecule has 0 saturated heterocycles. The molecule has 0 aliphatic rings. The number of thiazole rings is 1. The maximum atomic E-state index is 12.9. The minimum Gasteiger partial charge on any atom is -0.343 e. The zero-order valence-electron chi connectivity index (χ0n) is 7.59. The van der Waals surface area contributed by atoms with Gasteiger partial charge in [0, 0.05) is 17.5 Å². The summed E-state index contributed by atoms with van der Waals surface area (Å²) in [4.78, 5) is 4.05. The summed E-state index contributed by atoms with van der Waals surface area (Å²) in [5.41, 5.74) is 0.978. The molecule has 1 aromatic heterocycles. The van der Waals surface area contributed by atoms with Crippen molar-refractivity contribution in [2.24, 2.45) is 0 Å². The van der Waals surface area contributed by atoms with Gasteiger partial charge in [-0.2, -0.15) is 0 Å². The van der Waals surface area contributed by atoms with E-state index in [1.807, 2.05) is 6.20 Å². The van der Waals surface area contributed by atoms with Gasteiger partial charge in [-0.25, -0.2) is 4.39 Å². The van der Waals surface area contributed by atoms with Crippen LogP contribution in [0.4, 0.5) is 4.39 Å². The van der Waals surface area contributed by atoms with E-state index in [0.29, 0.717) is 0 Å². The number of aromatic amines is 1. The van der Waals surface area contributed by atoms with Crippen LogP contribution in [0.5, 0.6) is 0 Å². The van der Waals surface area contributed by atoms with Crippen LogP contribution in [0.1, 0.15) is 10.4 Å². The van der Waals surface area contributed by atoms with Crippen molar-refractivity contribution >= 4 is 35.2 Å². The number of H-pyrrole nitrogens is 1. The molecule has 0 unspecified atom stereocenters. The number of aromatic nitrogens is 1. The van der Waals surface area contributed by atoms with Crippen LogP contribution in [0, 0.1) is 9.77 Å². The lowest BCUT2D eigenvalue weighted by molar-refractivity contribution is 0.627. The van der Waals surface area contributed by atoms with Crippen LogP contribution in [0.25, 0.3) is 0 Å². The highest BCUT2D eigenvalue weighted by atomic mass is 35.5. The Hall–Kier alpha value is -0.710. The standard InChI is InChI=1S/C10H7ClFNS2/c11-8-4-6(1-2-9(8)12)3-7-5-13-10(14)15-7/h1-2,4-5H,3H2,(H,13,14). The molecule has 0 radical (unpaired) electrons. The summed E-state index contributed by atoms with van der Waals surface area (Å²) < 4.78 is 13.6. The molecule has 0 bridgehead atoms. The molecule has 0 fully saturated rings. The quantitative estimate of drug-likeness (QED) is 0.800. The highest BCUT2D eigenvalue weighted by Crippen LogP contribution is 2.20. The monoisotopic (exact) mass is 259 g/mol. The highest BCUT2D eigenvalue weighted by Gasteiger charge is 2.03. The second-order valence-electron chi connectivity index (χ2n) is 3.07. The topological polar surface area (TPSA) is 15.8 Å². The molecule has 15 heavy (non-hydrogen) atoms. The second kappa shape index (κ2) is 4.43. The normalized spacial score (nSPS) is 10.5. The number of rotatable bonds is 2. The summed E-state index contributed by atoms with van der Waals surface area (Å²) in [6.07, 6.45) is 2.59. The van der Waals surface area contributed by atoms with E-state index in [1.54, 1.807) is 12.1 Å². The lowest BCUT2D eigenvalue weighted by Crippen LogP contribution is -1.86. The Labute approximate surface area is 101 Å². The largest absolute Gasteiger partial charge is 0.343 e. The van der Waals surface area contributed by atoms with Gasteiger partial charge < -0.3 is 4.98 Å². The van der Waals surface area contributed by atoms with Crippen molar-refractivity contribution in [2.75, 3.05) is 0 Å². The van der Waals surface area contributed by atoms with Crippen molar-refractivity contribution in [2.45, 2.75) is 6.42 Å². The van der Waals surface area contributed by atoms with Crippen molar-refractivity contribution in [1.82, 2.24) is 4.98 Å². The molecule has 1 N–H and O–H groups in total. The van der Waals surface area contributed by atoms with Crippen molar-refractivity contribution in [1.29, 1.82) is 0 Å². The lowest BCUT2D eigenvalue weighted by atomic mass is 10.1. The first kappa shape index (κ1) is 10.8. The minimum atomic E-state index is -0.387. The zero-order valence-corrected chi connectivity index (χ0v) is 9.98. The van der Waals surface area contributed by atoms with Gasteiger partial charge in [0.1, 0.15) is 5.82 Å². The summed E-state index contributed by atoms with van der Waals surface area (Å²) in [5.74, 6) is -0.387. The van der Waals surface area contributed by atoms with Crippen LogP contribution in [-0.4, -0.2) is 4.98 Å². The fraction of sp³-hybridized carbons (Fsp3) is 0.100. The fourth-order valence-electron chi connectivity index (χ4n) is 1.26. The van der Waals surface area contributed by atoms with Gasteiger partial charge in [-0.3, -0.25) is 0 Å². The average molecular weight is 260 g/mol. The van der Waals surface area contributed by atoms with Crippen LogP contribution >= 0.6 is 35.2 Å². The van der Waals surface area contributed by atoms with Gasteiger partial charge >= 0.3 is 0 Å². The van der Waals surface area contributed by atoms with Crippen LogP contribution in [-0.2, 0) is 6.42 Å². The number of benzene rings is 1. The molecule has 0 atom stereocenters. The molecular formula is C10H7ClFNS2. The summed E-state index contributed by atoms with van der Waals surface area (Å²) in [7, 11) is 0. The molecular weight excluding hydrogens is 253 g/mol. The second-order valence-corrected chi connectivity index (χ2v) is 5.28. The molecule has 5 heteroatoms. The fourth-order valence-corrected chi connectivity index (χ4v) is 2.55. The summed E-state index contributed by atoms with van der Waals surface area (Å²) in [6, 6.07) is 4.74. The Balaban J connectivity index is 2.24. The number of hydrogen-bond acceptors (Lipinski definition) is 2. The molecule has 78 valence electrons. The zero-order chi connectivity index (χ0) is 10.8. The van der Waals surface area contributed by atoms with E-state index in [4.69, 9.17) is 23.8 Å². The van der Waals surface area contributed by atoms with Gasteiger partial charge in [0.25, 0.3) is 0 Å². The Bertz CT molecular complexity index is 532. The van der Waals surface area contributed by atoms with E-state index in [2.05, 4.69) is 4.98 Å². The molecule has 2 rings (SSSR count). The Morgan fingerprint density at radius 1 is 1.47 bits per heavy atom. The molecule has 1 heterocycles. The predicted octanol–water partition coefficient (Wildman–Crippen LogP) is 4.19. The summed E-state index contributed by atoms with van der Waals surface area (Å²) in [5, 5.41) is 0.159. The Morgan fingerprint density at radius 2 is 2.27 bits per heavy atom. The third kappa shape index (κ3) is 2.65. The average Bonchev–Trinajstić information content (AvgIpc) is 2.58. The van der Waals surface area contributed by atoms with Crippen molar-refractivity contribution in [3.05, 3.63) is 49.6 Å². The van der Waals surface area contributed by atoms with Crippen LogP contribution in [0.2, 0.25) is 5.02 Å². The van der Waals surface area contributed by atoms with E-state index in [1.165, 1.54) is 17.4 Å². The molecule has 0 saturated carbocycles. The lowest BCUT2D eigenvalue weighted by Gasteiger charge is -1.99. The maximum Gasteiger partial charge on any atom is 0.158 e. The minimum absolute atomic E-state index is 0.159. The molecule has 0 aliphatic heterocycles. The molecule has 0 aliphatic carbocycles. The van der Waals surface area contributed by atoms with Gasteiger partial charge in [-0.05, 0) is 29.9 Å². The van der Waals surface area contributed by atoms with Crippen LogP contribution in [0.15, 0.2) is 24.4 Å². The van der Waals surface area contributed by atoms with E-state index < -0.39 is 0 Å². The predicted molar refractivity (Wildman–Crippen MR) is 63.7 cm³/mol.